The van der Waals surface area contributed by atoms with E-state index in [1.165, 1.54) is 6.92 Å². The van der Waals surface area contributed by atoms with Gasteiger partial charge >= 0.3 is 5.97 Å². The topological polar surface area (TPSA) is 98.7 Å². The van der Waals surface area contributed by atoms with Crippen molar-refractivity contribution in [2.24, 2.45) is 11.8 Å². The predicted molar refractivity (Wildman–Crippen MR) is 61.4 cm³/mol. The van der Waals surface area contributed by atoms with Crippen molar-refractivity contribution in [3.63, 3.8) is 0 Å². The fourth-order valence-electron chi connectivity index (χ4n) is 1.71. The van der Waals surface area contributed by atoms with Gasteiger partial charge in [0.1, 0.15) is 0 Å². The minimum Gasteiger partial charge on any atom is -0.481 e. The highest BCUT2D eigenvalue weighted by Gasteiger charge is 2.30. The third kappa shape index (κ3) is 4.32. The number of nitrogens with one attached hydrogen (secondary N) is 2. The van der Waals surface area contributed by atoms with Crippen molar-refractivity contribution in [1.82, 2.24) is 10.6 Å². The molecular formula is C11H20N2O4. The summed E-state index contributed by atoms with van der Waals surface area (Å²) in [4.78, 5) is 22.2. The summed E-state index contributed by atoms with van der Waals surface area (Å²) in [6.07, 6.45) is -0.382. The number of carbonyl (C=O) groups is 2. The van der Waals surface area contributed by atoms with Crippen LogP contribution < -0.4 is 10.6 Å². The molecule has 1 saturated heterocycles. The molecule has 1 heterocycles. The third-order valence-corrected chi connectivity index (χ3v) is 3.11. The molecule has 2 unspecified atom stereocenters. The molecular weight excluding hydrogens is 224 g/mol. The van der Waals surface area contributed by atoms with E-state index in [0.29, 0.717) is 5.92 Å². The summed E-state index contributed by atoms with van der Waals surface area (Å²) in [5.41, 5.74) is -1.40. The Morgan fingerprint density at radius 2 is 2.12 bits per heavy atom. The molecule has 6 heteroatoms. The molecule has 1 amide bonds. The normalized spacial score (nSPS) is 21.1. The van der Waals surface area contributed by atoms with E-state index in [-0.39, 0.29) is 24.8 Å². The van der Waals surface area contributed by atoms with Gasteiger partial charge in [-0.05, 0) is 25.9 Å². The van der Waals surface area contributed by atoms with Crippen LogP contribution in [-0.2, 0) is 9.59 Å². The van der Waals surface area contributed by atoms with Gasteiger partial charge in [0.15, 0.2) is 0 Å². The maximum absolute atomic E-state index is 11.7. The first kappa shape index (κ1) is 13.9. The Morgan fingerprint density at radius 1 is 1.53 bits per heavy atom. The van der Waals surface area contributed by atoms with E-state index in [1.807, 2.05) is 6.92 Å². The van der Waals surface area contributed by atoms with Gasteiger partial charge in [-0.2, -0.15) is 0 Å². The van der Waals surface area contributed by atoms with Gasteiger partial charge in [0, 0.05) is 12.5 Å². The summed E-state index contributed by atoms with van der Waals surface area (Å²) >= 11 is 0. The van der Waals surface area contributed by atoms with Crippen LogP contribution in [0.2, 0.25) is 0 Å². The van der Waals surface area contributed by atoms with Crippen LogP contribution in [0.4, 0.5) is 0 Å². The number of aliphatic hydroxyl groups is 1. The molecule has 0 aromatic carbocycles. The van der Waals surface area contributed by atoms with Gasteiger partial charge in [-0.15, -0.1) is 0 Å². The van der Waals surface area contributed by atoms with Crippen molar-refractivity contribution < 1.29 is 19.8 Å². The highest BCUT2D eigenvalue weighted by atomic mass is 16.4. The summed E-state index contributed by atoms with van der Waals surface area (Å²) in [7, 11) is 0. The molecule has 0 spiro atoms. The Bertz CT molecular complexity index is 300. The van der Waals surface area contributed by atoms with Crippen molar-refractivity contribution in [3.05, 3.63) is 0 Å². The van der Waals surface area contributed by atoms with Crippen molar-refractivity contribution in [1.29, 1.82) is 0 Å². The molecule has 98 valence electrons. The van der Waals surface area contributed by atoms with Gasteiger partial charge in [-0.1, -0.05) is 6.92 Å². The van der Waals surface area contributed by atoms with Crippen LogP contribution in [-0.4, -0.2) is 47.3 Å². The SMILES string of the molecule is CC(C(=O)NCC(C)(O)CC(=O)O)C1CNC1. The van der Waals surface area contributed by atoms with E-state index >= 15 is 0 Å². The van der Waals surface area contributed by atoms with E-state index in [9.17, 15) is 14.7 Å². The smallest absolute Gasteiger partial charge is 0.306 e. The Balaban J connectivity index is 2.33. The number of rotatable bonds is 6. The van der Waals surface area contributed by atoms with E-state index in [2.05, 4.69) is 10.6 Å². The van der Waals surface area contributed by atoms with Gasteiger partial charge in [-0.25, -0.2) is 0 Å². The highest BCUT2D eigenvalue weighted by molar-refractivity contribution is 5.79. The Morgan fingerprint density at radius 3 is 2.53 bits per heavy atom. The maximum Gasteiger partial charge on any atom is 0.306 e. The van der Waals surface area contributed by atoms with Crippen LogP contribution in [0.5, 0.6) is 0 Å². The van der Waals surface area contributed by atoms with Crippen LogP contribution >= 0.6 is 0 Å². The second-order valence-electron chi connectivity index (χ2n) is 4.99. The maximum atomic E-state index is 11.7. The first-order valence-corrected chi connectivity index (χ1v) is 5.74. The van der Waals surface area contributed by atoms with Gasteiger partial charge < -0.3 is 20.8 Å². The van der Waals surface area contributed by atoms with E-state index in [1.54, 1.807) is 0 Å². The van der Waals surface area contributed by atoms with Gasteiger partial charge in [-0.3, -0.25) is 9.59 Å². The number of hydrogen-bond donors (Lipinski definition) is 4. The lowest BCUT2D eigenvalue weighted by Gasteiger charge is -2.32. The first-order chi connectivity index (χ1) is 7.82. The third-order valence-electron chi connectivity index (χ3n) is 3.11. The number of carbonyl (C=O) groups excluding carboxylic acids is 1. The lowest BCUT2D eigenvalue weighted by molar-refractivity contribution is -0.142. The van der Waals surface area contributed by atoms with Crippen LogP contribution in [0, 0.1) is 11.8 Å². The number of carboxylic acids is 1. The molecule has 6 nitrogen and oxygen atoms in total. The van der Waals surface area contributed by atoms with Crippen LogP contribution in [0.1, 0.15) is 20.3 Å². The van der Waals surface area contributed by atoms with E-state index < -0.39 is 11.6 Å². The summed E-state index contributed by atoms with van der Waals surface area (Å²) in [6.45, 7) is 4.87. The largest absolute Gasteiger partial charge is 0.481 e. The van der Waals surface area contributed by atoms with Gasteiger partial charge in [0.2, 0.25) is 5.91 Å². The predicted octanol–water partition coefficient (Wildman–Crippen LogP) is -0.816. The van der Waals surface area contributed by atoms with Gasteiger partial charge in [0.05, 0.1) is 12.0 Å². The zero-order valence-corrected chi connectivity index (χ0v) is 10.2. The first-order valence-electron chi connectivity index (χ1n) is 5.74. The monoisotopic (exact) mass is 244 g/mol. The summed E-state index contributed by atoms with van der Waals surface area (Å²) in [5, 5.41) is 24.0. The minimum absolute atomic E-state index is 0.0391. The number of carboxylic acid groups (broad SMARTS) is 1. The number of hydrogen-bond acceptors (Lipinski definition) is 4. The average molecular weight is 244 g/mol. The molecule has 0 bridgehead atoms. The molecule has 0 aromatic rings. The highest BCUT2D eigenvalue weighted by Crippen LogP contribution is 2.16. The standard InChI is InChI=1S/C11H20N2O4/c1-7(8-4-12-5-8)10(16)13-6-11(2,17)3-9(14)15/h7-8,12,17H,3-6H2,1-2H3,(H,13,16)(H,14,15). The second-order valence-corrected chi connectivity index (χ2v) is 4.99. The summed E-state index contributed by atoms with van der Waals surface area (Å²) in [6, 6.07) is 0. The van der Waals surface area contributed by atoms with Crippen molar-refractivity contribution in [3.8, 4) is 0 Å². The number of aliphatic carboxylic acids is 1. The summed E-state index contributed by atoms with van der Waals surface area (Å²) in [5.74, 6) is -1.00. The summed E-state index contributed by atoms with van der Waals surface area (Å²) < 4.78 is 0. The Labute approximate surface area is 100 Å². The zero-order valence-electron chi connectivity index (χ0n) is 10.2. The molecule has 1 aliphatic heterocycles. The average Bonchev–Trinajstić information content (AvgIpc) is 2.09. The zero-order chi connectivity index (χ0) is 13.1. The van der Waals surface area contributed by atoms with Crippen molar-refractivity contribution in [2.75, 3.05) is 19.6 Å². The molecule has 1 rings (SSSR count). The Hall–Kier alpha value is -1.14. The molecule has 1 aliphatic rings. The fraction of sp³-hybridized carbons (Fsp3) is 0.818. The minimum atomic E-state index is -1.40. The molecule has 17 heavy (non-hydrogen) atoms. The second kappa shape index (κ2) is 5.46. The van der Waals surface area contributed by atoms with Crippen molar-refractivity contribution >= 4 is 11.9 Å². The van der Waals surface area contributed by atoms with Crippen molar-refractivity contribution in [2.45, 2.75) is 25.9 Å². The molecule has 0 aliphatic carbocycles. The lowest BCUT2D eigenvalue weighted by atomic mass is 9.88. The van der Waals surface area contributed by atoms with E-state index in [0.717, 1.165) is 13.1 Å². The molecule has 0 radical (unpaired) electrons. The number of amides is 1. The lowest BCUT2D eigenvalue weighted by Crippen LogP contribution is -2.51. The molecule has 2 atom stereocenters. The fourth-order valence-corrected chi connectivity index (χ4v) is 1.71. The van der Waals surface area contributed by atoms with Crippen LogP contribution in [0.15, 0.2) is 0 Å². The molecule has 4 N–H and O–H groups in total. The van der Waals surface area contributed by atoms with Crippen LogP contribution in [0.25, 0.3) is 0 Å². The molecule has 0 aromatic heterocycles. The molecule has 1 fully saturated rings. The van der Waals surface area contributed by atoms with E-state index in [4.69, 9.17) is 5.11 Å². The van der Waals surface area contributed by atoms with Gasteiger partial charge in [0.25, 0.3) is 0 Å². The molecule has 0 saturated carbocycles. The van der Waals surface area contributed by atoms with Crippen LogP contribution in [0.3, 0.4) is 0 Å². The Kier molecular flexibility index (Phi) is 4.47. The quantitative estimate of drug-likeness (QED) is 0.489.